The molecule has 5 nitrogen and oxygen atoms in total. The zero-order valence-electron chi connectivity index (χ0n) is 12.5. The summed E-state index contributed by atoms with van der Waals surface area (Å²) in [5.41, 5.74) is 3.35. The van der Waals surface area contributed by atoms with Crippen LogP contribution in [0.4, 0.5) is 11.4 Å². The lowest BCUT2D eigenvalue weighted by Crippen LogP contribution is -2.32. The summed E-state index contributed by atoms with van der Waals surface area (Å²) < 4.78 is 0. The van der Waals surface area contributed by atoms with Gasteiger partial charge < -0.3 is 15.5 Å². The molecule has 0 spiro atoms. The highest BCUT2D eigenvalue weighted by molar-refractivity contribution is 7.80. The maximum Gasteiger partial charge on any atom is 0.258 e. The largest absolute Gasteiger partial charge is 0.332 e. The fourth-order valence-electron chi connectivity index (χ4n) is 2.51. The number of hydrogen-bond donors (Lipinski definition) is 2. The molecule has 3 rings (SSSR count). The first-order valence-corrected chi connectivity index (χ1v) is 7.54. The third-order valence-corrected chi connectivity index (χ3v) is 3.75. The molecule has 2 amide bonds. The van der Waals surface area contributed by atoms with E-state index < -0.39 is 0 Å². The molecule has 0 bridgehead atoms. The van der Waals surface area contributed by atoms with Crippen molar-refractivity contribution in [3.05, 3.63) is 59.7 Å². The normalized spacial score (nSPS) is 12.7. The summed E-state index contributed by atoms with van der Waals surface area (Å²) in [6.07, 6.45) is 0. The summed E-state index contributed by atoms with van der Waals surface area (Å²) in [7, 11) is 0. The average Bonchev–Trinajstić information content (AvgIpc) is 2.85. The minimum atomic E-state index is -0.223. The van der Waals surface area contributed by atoms with E-state index in [0.717, 1.165) is 22.5 Å². The molecule has 0 saturated heterocycles. The minimum absolute atomic E-state index is 0.00933. The Bertz CT molecular complexity index is 787. The second-order valence-corrected chi connectivity index (χ2v) is 5.64. The molecule has 0 aromatic heterocycles. The van der Waals surface area contributed by atoms with Gasteiger partial charge in [-0.2, -0.15) is 0 Å². The molecule has 116 valence electrons. The quantitative estimate of drug-likeness (QED) is 0.834. The standard InChI is InChI=1S/C17H15N3O2S/c1-11(21)18-17(23)19-13-6-8-14(9-7-13)20-10-12-4-2-3-5-15(12)16(20)22/h2-9H,10H2,1H3,(H2,18,19,21,23). The van der Waals surface area contributed by atoms with E-state index in [0.29, 0.717) is 6.54 Å². The van der Waals surface area contributed by atoms with E-state index in [4.69, 9.17) is 12.2 Å². The molecule has 1 heterocycles. The Labute approximate surface area is 139 Å². The molecule has 1 aliphatic rings. The number of amides is 2. The maximum atomic E-state index is 12.4. The lowest BCUT2D eigenvalue weighted by molar-refractivity contribution is -0.117. The van der Waals surface area contributed by atoms with Crippen LogP contribution in [-0.4, -0.2) is 16.9 Å². The molecule has 6 heteroatoms. The molecule has 0 aliphatic carbocycles. The van der Waals surface area contributed by atoms with Gasteiger partial charge in [0.15, 0.2) is 5.11 Å². The highest BCUT2D eigenvalue weighted by Crippen LogP contribution is 2.28. The van der Waals surface area contributed by atoms with Crippen LogP contribution in [0.2, 0.25) is 0 Å². The van der Waals surface area contributed by atoms with Crippen molar-refractivity contribution in [3.63, 3.8) is 0 Å². The molecule has 0 atom stereocenters. The summed E-state index contributed by atoms with van der Waals surface area (Å²) in [5.74, 6) is -0.213. The van der Waals surface area contributed by atoms with Crippen molar-refractivity contribution in [1.29, 1.82) is 0 Å². The number of thiocarbonyl (C=S) groups is 1. The van der Waals surface area contributed by atoms with Crippen LogP contribution in [0.5, 0.6) is 0 Å². The molecular weight excluding hydrogens is 310 g/mol. The first kappa shape index (κ1) is 15.2. The SMILES string of the molecule is CC(=O)NC(=S)Nc1ccc(N2Cc3ccccc3C2=O)cc1. The number of nitrogens with one attached hydrogen (secondary N) is 2. The molecule has 23 heavy (non-hydrogen) atoms. The Morgan fingerprint density at radius 2 is 1.83 bits per heavy atom. The average molecular weight is 325 g/mol. The van der Waals surface area contributed by atoms with Crippen molar-refractivity contribution < 1.29 is 9.59 Å². The lowest BCUT2D eigenvalue weighted by Gasteiger charge is -2.16. The predicted octanol–water partition coefficient (Wildman–Crippen LogP) is 2.68. The number of rotatable bonds is 2. The zero-order chi connectivity index (χ0) is 16.4. The van der Waals surface area contributed by atoms with Gasteiger partial charge in [-0.15, -0.1) is 0 Å². The summed E-state index contributed by atoms with van der Waals surface area (Å²) in [6.45, 7) is 1.97. The van der Waals surface area contributed by atoms with E-state index in [-0.39, 0.29) is 16.9 Å². The second kappa shape index (κ2) is 6.18. The number of hydrogen-bond acceptors (Lipinski definition) is 3. The minimum Gasteiger partial charge on any atom is -0.332 e. The molecule has 0 fully saturated rings. The van der Waals surface area contributed by atoms with Crippen LogP contribution < -0.4 is 15.5 Å². The molecule has 2 N–H and O–H groups in total. The van der Waals surface area contributed by atoms with Crippen molar-refractivity contribution in [2.75, 3.05) is 10.2 Å². The van der Waals surface area contributed by atoms with E-state index in [1.54, 1.807) is 4.90 Å². The van der Waals surface area contributed by atoms with Crippen LogP contribution in [0.25, 0.3) is 0 Å². The van der Waals surface area contributed by atoms with Crippen LogP contribution in [0, 0.1) is 0 Å². The molecule has 0 saturated carbocycles. The van der Waals surface area contributed by atoms with Gasteiger partial charge in [0, 0.05) is 23.9 Å². The highest BCUT2D eigenvalue weighted by Gasteiger charge is 2.27. The Balaban J connectivity index is 1.73. The second-order valence-electron chi connectivity index (χ2n) is 5.23. The Morgan fingerprint density at radius 1 is 1.13 bits per heavy atom. The number of anilines is 2. The van der Waals surface area contributed by atoms with Gasteiger partial charge in [-0.25, -0.2) is 0 Å². The number of carbonyl (C=O) groups excluding carboxylic acids is 2. The van der Waals surface area contributed by atoms with Gasteiger partial charge >= 0.3 is 0 Å². The van der Waals surface area contributed by atoms with E-state index in [2.05, 4.69) is 10.6 Å². The molecule has 0 unspecified atom stereocenters. The van der Waals surface area contributed by atoms with Gasteiger partial charge in [-0.05, 0) is 48.1 Å². The molecular formula is C17H15N3O2S. The molecule has 2 aromatic rings. The Kier molecular flexibility index (Phi) is 4.08. The monoisotopic (exact) mass is 325 g/mol. The third kappa shape index (κ3) is 3.22. The Hall–Kier alpha value is -2.73. The first-order valence-electron chi connectivity index (χ1n) is 7.13. The van der Waals surface area contributed by atoms with Crippen molar-refractivity contribution >= 4 is 40.5 Å². The first-order chi connectivity index (χ1) is 11.0. The van der Waals surface area contributed by atoms with Crippen molar-refractivity contribution in [3.8, 4) is 0 Å². The van der Waals surface area contributed by atoms with E-state index in [1.165, 1.54) is 6.92 Å². The lowest BCUT2D eigenvalue weighted by atomic mass is 10.1. The van der Waals surface area contributed by atoms with Crippen molar-refractivity contribution in [2.24, 2.45) is 0 Å². The van der Waals surface area contributed by atoms with Crippen molar-refractivity contribution in [1.82, 2.24) is 5.32 Å². The van der Waals surface area contributed by atoms with Gasteiger partial charge in [0.25, 0.3) is 5.91 Å². The number of fused-ring (bicyclic) bond motifs is 1. The number of benzene rings is 2. The fourth-order valence-corrected chi connectivity index (χ4v) is 2.77. The van der Waals surface area contributed by atoms with Gasteiger partial charge in [0.2, 0.25) is 5.91 Å². The smallest absolute Gasteiger partial charge is 0.258 e. The maximum absolute atomic E-state index is 12.4. The van der Waals surface area contributed by atoms with Crippen LogP contribution in [-0.2, 0) is 11.3 Å². The van der Waals surface area contributed by atoms with Gasteiger partial charge in [-0.1, -0.05) is 18.2 Å². The molecule has 2 aromatic carbocycles. The Morgan fingerprint density at radius 3 is 2.48 bits per heavy atom. The zero-order valence-corrected chi connectivity index (χ0v) is 13.3. The summed E-state index contributed by atoms with van der Waals surface area (Å²) in [6, 6.07) is 15.0. The molecule has 0 radical (unpaired) electrons. The van der Waals surface area contributed by atoms with Gasteiger partial charge in [-0.3, -0.25) is 9.59 Å². The van der Waals surface area contributed by atoms with E-state index in [1.807, 2.05) is 48.5 Å². The van der Waals surface area contributed by atoms with Crippen LogP contribution in [0.15, 0.2) is 48.5 Å². The van der Waals surface area contributed by atoms with E-state index >= 15 is 0 Å². The predicted molar refractivity (Wildman–Crippen MR) is 93.4 cm³/mol. The van der Waals surface area contributed by atoms with Crippen LogP contribution in [0.1, 0.15) is 22.8 Å². The van der Waals surface area contributed by atoms with Crippen LogP contribution >= 0.6 is 12.2 Å². The van der Waals surface area contributed by atoms with E-state index in [9.17, 15) is 9.59 Å². The summed E-state index contributed by atoms with van der Waals surface area (Å²) >= 11 is 5.01. The van der Waals surface area contributed by atoms with Crippen molar-refractivity contribution in [2.45, 2.75) is 13.5 Å². The molecule has 1 aliphatic heterocycles. The summed E-state index contributed by atoms with van der Waals surface area (Å²) in [4.78, 5) is 25.1. The highest BCUT2D eigenvalue weighted by atomic mass is 32.1. The summed E-state index contributed by atoms with van der Waals surface area (Å²) in [5, 5.41) is 5.66. The topological polar surface area (TPSA) is 61.4 Å². The van der Waals surface area contributed by atoms with Gasteiger partial charge in [0.1, 0.15) is 0 Å². The third-order valence-electron chi connectivity index (χ3n) is 3.55. The fraction of sp³-hybridized carbons (Fsp3) is 0.118. The van der Waals surface area contributed by atoms with Gasteiger partial charge in [0.05, 0.1) is 6.54 Å². The van der Waals surface area contributed by atoms with Crippen LogP contribution in [0.3, 0.4) is 0 Å². The number of carbonyl (C=O) groups is 2. The number of nitrogens with zero attached hydrogens (tertiary/aromatic N) is 1.